The van der Waals surface area contributed by atoms with Gasteiger partial charge in [-0.1, -0.05) is 43.5 Å². The second-order valence-corrected chi connectivity index (χ2v) is 4.73. The molecule has 0 aliphatic heterocycles. The van der Waals surface area contributed by atoms with Crippen molar-refractivity contribution in [3.8, 4) is 12.3 Å². The number of hydrogen-bond acceptors (Lipinski definition) is 2. The molecule has 4 nitrogen and oxygen atoms in total. The lowest BCUT2D eigenvalue weighted by molar-refractivity contribution is 0.0962. The van der Waals surface area contributed by atoms with Crippen LogP contribution in [0.1, 0.15) is 37.0 Å². The van der Waals surface area contributed by atoms with E-state index in [0.29, 0.717) is 12.8 Å². The zero-order valence-electron chi connectivity index (χ0n) is 11.5. The van der Waals surface area contributed by atoms with Crippen molar-refractivity contribution in [1.29, 1.82) is 0 Å². The minimum Gasteiger partial charge on any atom is -0.321 e. The first kappa shape index (κ1) is 16.1. The average molecular weight is 293 g/mol. The summed E-state index contributed by atoms with van der Waals surface area (Å²) in [5, 5.41) is 5.16. The Morgan fingerprint density at radius 3 is 2.40 bits per heavy atom. The normalized spacial score (nSPS) is 10.5. The zero-order chi connectivity index (χ0) is 15.2. The number of carbonyl (C=O) groups is 2. The number of nitrogens with one attached hydrogen (secondary N) is 2. The highest BCUT2D eigenvalue weighted by Crippen LogP contribution is 2.15. The van der Waals surface area contributed by atoms with Gasteiger partial charge in [0.2, 0.25) is 0 Å². The quantitative estimate of drug-likeness (QED) is 0.838. The Morgan fingerprint density at radius 1 is 1.30 bits per heavy atom. The van der Waals surface area contributed by atoms with Crippen LogP contribution in [0, 0.1) is 12.3 Å². The molecule has 0 spiro atoms. The van der Waals surface area contributed by atoms with Gasteiger partial charge in [-0.15, -0.1) is 6.42 Å². The van der Waals surface area contributed by atoms with Crippen LogP contribution in [-0.2, 0) is 0 Å². The number of amides is 3. The van der Waals surface area contributed by atoms with Gasteiger partial charge in [0.25, 0.3) is 5.91 Å². The smallest absolute Gasteiger partial charge is 0.321 e. The molecule has 1 rings (SSSR count). The van der Waals surface area contributed by atoms with E-state index in [-0.39, 0.29) is 10.6 Å². The van der Waals surface area contributed by atoms with Crippen molar-refractivity contribution in [2.75, 3.05) is 0 Å². The molecule has 0 bridgehead atoms. The number of rotatable bonds is 4. The van der Waals surface area contributed by atoms with Crippen LogP contribution in [0.25, 0.3) is 0 Å². The molecule has 0 aliphatic rings. The molecule has 0 fully saturated rings. The molecule has 0 aromatic heterocycles. The molecule has 5 heteroatoms. The highest BCUT2D eigenvalue weighted by atomic mass is 35.5. The van der Waals surface area contributed by atoms with Crippen molar-refractivity contribution < 1.29 is 9.59 Å². The molecule has 0 heterocycles. The van der Waals surface area contributed by atoms with Crippen molar-refractivity contribution in [1.82, 2.24) is 10.6 Å². The summed E-state index contributed by atoms with van der Waals surface area (Å²) in [5.74, 6) is 2.00. The van der Waals surface area contributed by atoms with E-state index in [1.807, 2.05) is 13.8 Å². The highest BCUT2D eigenvalue weighted by molar-refractivity contribution is 6.34. The molecular weight excluding hydrogens is 276 g/mol. The van der Waals surface area contributed by atoms with Gasteiger partial charge in [0, 0.05) is 0 Å². The topological polar surface area (TPSA) is 58.2 Å². The van der Waals surface area contributed by atoms with E-state index in [0.717, 1.165) is 0 Å². The predicted molar refractivity (Wildman–Crippen MR) is 79.6 cm³/mol. The Labute approximate surface area is 123 Å². The SMILES string of the molecule is C#CC(CC)(CC)NC(=O)NC(=O)c1ccccc1Cl. The number of benzene rings is 1. The van der Waals surface area contributed by atoms with Crippen molar-refractivity contribution in [3.63, 3.8) is 0 Å². The van der Waals surface area contributed by atoms with Crippen LogP contribution in [0.3, 0.4) is 0 Å². The first-order valence-electron chi connectivity index (χ1n) is 6.33. The van der Waals surface area contributed by atoms with Gasteiger partial charge >= 0.3 is 6.03 Å². The molecule has 1 aromatic rings. The van der Waals surface area contributed by atoms with E-state index < -0.39 is 17.5 Å². The van der Waals surface area contributed by atoms with Gasteiger partial charge in [-0.25, -0.2) is 4.79 Å². The van der Waals surface area contributed by atoms with Gasteiger partial charge in [-0.2, -0.15) is 0 Å². The Kier molecular flexibility index (Phi) is 5.60. The average Bonchev–Trinajstić information content (AvgIpc) is 2.45. The summed E-state index contributed by atoms with van der Waals surface area (Å²) in [7, 11) is 0. The van der Waals surface area contributed by atoms with Crippen LogP contribution in [0.15, 0.2) is 24.3 Å². The van der Waals surface area contributed by atoms with Crippen LogP contribution in [0.4, 0.5) is 4.79 Å². The molecule has 0 radical (unpaired) electrons. The second kappa shape index (κ2) is 6.97. The summed E-state index contributed by atoms with van der Waals surface area (Å²) in [6.45, 7) is 3.75. The predicted octanol–water partition coefficient (Wildman–Crippen LogP) is 2.97. The van der Waals surface area contributed by atoms with E-state index in [1.165, 1.54) is 0 Å². The number of terminal acetylenes is 1. The fourth-order valence-electron chi connectivity index (χ4n) is 1.73. The van der Waals surface area contributed by atoms with Crippen molar-refractivity contribution in [2.24, 2.45) is 0 Å². The van der Waals surface area contributed by atoms with Crippen LogP contribution in [0.5, 0.6) is 0 Å². The Bertz CT molecular complexity index is 545. The fraction of sp³-hybridized carbons (Fsp3) is 0.333. The molecule has 0 atom stereocenters. The summed E-state index contributed by atoms with van der Waals surface area (Å²) in [5.41, 5.74) is -0.506. The monoisotopic (exact) mass is 292 g/mol. The first-order chi connectivity index (χ1) is 9.48. The third kappa shape index (κ3) is 3.75. The molecule has 2 N–H and O–H groups in total. The van der Waals surface area contributed by atoms with Crippen LogP contribution in [0.2, 0.25) is 5.02 Å². The molecule has 0 aliphatic carbocycles. The lowest BCUT2D eigenvalue weighted by Gasteiger charge is -2.26. The van der Waals surface area contributed by atoms with Crippen LogP contribution < -0.4 is 10.6 Å². The number of hydrogen-bond donors (Lipinski definition) is 2. The maximum Gasteiger partial charge on any atom is 0.322 e. The minimum absolute atomic E-state index is 0.239. The molecule has 0 saturated heterocycles. The van der Waals surface area contributed by atoms with Gasteiger partial charge in [-0.3, -0.25) is 10.1 Å². The summed E-state index contributed by atoms with van der Waals surface area (Å²) in [6.07, 6.45) is 6.60. The summed E-state index contributed by atoms with van der Waals surface area (Å²) in [4.78, 5) is 23.8. The lowest BCUT2D eigenvalue weighted by atomic mass is 9.94. The summed E-state index contributed by atoms with van der Waals surface area (Å²) >= 11 is 5.89. The Hall–Kier alpha value is -1.99. The lowest BCUT2D eigenvalue weighted by Crippen LogP contribution is -2.52. The van der Waals surface area contributed by atoms with E-state index >= 15 is 0 Å². The summed E-state index contributed by atoms with van der Waals surface area (Å²) in [6, 6.07) is 5.87. The van der Waals surface area contributed by atoms with Gasteiger partial charge in [-0.05, 0) is 25.0 Å². The number of halogens is 1. The van der Waals surface area contributed by atoms with Gasteiger partial charge in [0.15, 0.2) is 0 Å². The van der Waals surface area contributed by atoms with E-state index in [1.54, 1.807) is 24.3 Å². The van der Waals surface area contributed by atoms with Crippen LogP contribution in [-0.4, -0.2) is 17.5 Å². The van der Waals surface area contributed by atoms with Crippen molar-refractivity contribution in [2.45, 2.75) is 32.2 Å². The van der Waals surface area contributed by atoms with Crippen molar-refractivity contribution >= 4 is 23.5 Å². The largest absolute Gasteiger partial charge is 0.322 e. The Balaban J connectivity index is 2.75. The molecule has 0 saturated carbocycles. The minimum atomic E-state index is -0.745. The zero-order valence-corrected chi connectivity index (χ0v) is 12.3. The summed E-state index contributed by atoms with van der Waals surface area (Å²) < 4.78 is 0. The highest BCUT2D eigenvalue weighted by Gasteiger charge is 2.26. The fourth-order valence-corrected chi connectivity index (χ4v) is 1.95. The first-order valence-corrected chi connectivity index (χ1v) is 6.71. The van der Waals surface area contributed by atoms with E-state index in [2.05, 4.69) is 16.6 Å². The standard InChI is InChI=1S/C15H17ClN2O2/c1-4-15(5-2,6-3)18-14(20)17-13(19)11-9-7-8-10-12(11)16/h1,7-10H,5-6H2,2-3H3,(H2,17,18,19,20). The number of carbonyl (C=O) groups excluding carboxylic acids is 2. The molecule has 106 valence electrons. The van der Waals surface area contributed by atoms with Crippen molar-refractivity contribution in [3.05, 3.63) is 34.9 Å². The van der Waals surface area contributed by atoms with Gasteiger partial charge < -0.3 is 5.32 Å². The maximum absolute atomic E-state index is 11.9. The van der Waals surface area contributed by atoms with Gasteiger partial charge in [0.05, 0.1) is 10.6 Å². The molecule has 1 aromatic carbocycles. The number of imide groups is 1. The third-order valence-corrected chi connectivity index (χ3v) is 3.51. The molecular formula is C15H17ClN2O2. The van der Waals surface area contributed by atoms with Gasteiger partial charge in [0.1, 0.15) is 5.54 Å². The van der Waals surface area contributed by atoms with E-state index in [9.17, 15) is 9.59 Å². The number of urea groups is 1. The third-order valence-electron chi connectivity index (χ3n) is 3.18. The molecule has 3 amide bonds. The molecule has 0 unspecified atom stereocenters. The van der Waals surface area contributed by atoms with Crippen LogP contribution >= 0.6 is 11.6 Å². The maximum atomic E-state index is 11.9. The Morgan fingerprint density at radius 2 is 1.90 bits per heavy atom. The second-order valence-electron chi connectivity index (χ2n) is 4.32. The molecule has 20 heavy (non-hydrogen) atoms. The van der Waals surface area contributed by atoms with E-state index in [4.69, 9.17) is 18.0 Å².